The van der Waals surface area contributed by atoms with Crippen molar-refractivity contribution < 1.29 is 0 Å². The van der Waals surface area contributed by atoms with Crippen molar-refractivity contribution in [2.75, 3.05) is 0 Å². The summed E-state index contributed by atoms with van der Waals surface area (Å²) < 4.78 is 3.10. The first-order valence-corrected chi connectivity index (χ1v) is 7.74. The van der Waals surface area contributed by atoms with Gasteiger partial charge in [0.25, 0.3) is 0 Å². The molecule has 5 heteroatoms. The van der Waals surface area contributed by atoms with Gasteiger partial charge in [0.1, 0.15) is 0 Å². The van der Waals surface area contributed by atoms with Crippen LogP contribution >= 0.6 is 15.9 Å². The van der Waals surface area contributed by atoms with Gasteiger partial charge in [-0.1, -0.05) is 27.7 Å². The van der Waals surface area contributed by atoms with Gasteiger partial charge in [0.05, 0.1) is 15.9 Å². The van der Waals surface area contributed by atoms with Gasteiger partial charge in [-0.2, -0.15) is 5.10 Å². The number of nitrogens with zero attached hydrogens (tertiary/aromatic N) is 2. The van der Waals surface area contributed by atoms with Gasteiger partial charge in [-0.3, -0.25) is 16.0 Å². The van der Waals surface area contributed by atoms with Crippen LogP contribution in [0, 0.1) is 5.41 Å². The number of halogens is 1. The van der Waals surface area contributed by atoms with Crippen molar-refractivity contribution in [1.29, 1.82) is 0 Å². The van der Waals surface area contributed by atoms with E-state index in [0.717, 1.165) is 35.8 Å². The summed E-state index contributed by atoms with van der Waals surface area (Å²) in [6.45, 7) is 8.90. The Morgan fingerprint density at radius 2 is 2.05 bits per heavy atom. The standard InChI is InChI=1S/C14H27BrN4/c1-6-11-13(15)12(19(5)18-11)9-10(17-16)7-8-14(2,3)4/h10,17H,6-9,16H2,1-5H3. The lowest BCUT2D eigenvalue weighted by molar-refractivity contribution is 0.328. The van der Waals surface area contributed by atoms with Crippen molar-refractivity contribution in [2.45, 2.75) is 59.4 Å². The summed E-state index contributed by atoms with van der Waals surface area (Å²) in [5, 5.41) is 4.53. The predicted octanol–water partition coefficient (Wildman–Crippen LogP) is 2.95. The van der Waals surface area contributed by atoms with Crippen LogP contribution in [0.3, 0.4) is 0 Å². The van der Waals surface area contributed by atoms with E-state index in [1.165, 1.54) is 5.69 Å². The number of hydrazine groups is 1. The topological polar surface area (TPSA) is 55.9 Å². The van der Waals surface area contributed by atoms with Gasteiger partial charge in [0.2, 0.25) is 0 Å². The monoisotopic (exact) mass is 330 g/mol. The quantitative estimate of drug-likeness (QED) is 0.622. The average molecular weight is 331 g/mol. The first-order valence-electron chi connectivity index (χ1n) is 6.95. The summed E-state index contributed by atoms with van der Waals surface area (Å²) >= 11 is 3.66. The molecule has 1 atom stereocenters. The van der Waals surface area contributed by atoms with Crippen molar-refractivity contribution in [1.82, 2.24) is 15.2 Å². The van der Waals surface area contributed by atoms with Crippen LogP contribution in [0.5, 0.6) is 0 Å². The summed E-state index contributed by atoms with van der Waals surface area (Å²) in [6, 6.07) is 0.288. The third-order valence-electron chi connectivity index (χ3n) is 3.42. The molecule has 0 radical (unpaired) electrons. The second-order valence-electron chi connectivity index (χ2n) is 6.35. The Bertz CT molecular complexity index is 406. The second-order valence-corrected chi connectivity index (χ2v) is 7.14. The van der Waals surface area contributed by atoms with E-state index in [0.29, 0.717) is 5.41 Å². The summed E-state index contributed by atoms with van der Waals surface area (Å²) in [7, 11) is 2.00. The van der Waals surface area contributed by atoms with E-state index >= 15 is 0 Å². The molecule has 0 amide bonds. The molecule has 0 aliphatic rings. The number of aryl methyl sites for hydroxylation is 2. The van der Waals surface area contributed by atoms with Crippen LogP contribution in [0.15, 0.2) is 4.47 Å². The second kappa shape index (κ2) is 6.86. The van der Waals surface area contributed by atoms with E-state index < -0.39 is 0 Å². The molecule has 1 aromatic heterocycles. The highest BCUT2D eigenvalue weighted by molar-refractivity contribution is 9.10. The molecule has 1 aromatic rings. The molecule has 0 bridgehead atoms. The molecule has 1 heterocycles. The molecule has 3 N–H and O–H groups in total. The largest absolute Gasteiger partial charge is 0.271 e. The normalized spacial score (nSPS) is 13.8. The van der Waals surface area contributed by atoms with Crippen LogP contribution in [0.4, 0.5) is 0 Å². The highest BCUT2D eigenvalue weighted by atomic mass is 79.9. The van der Waals surface area contributed by atoms with Crippen LogP contribution in [0.1, 0.15) is 51.9 Å². The van der Waals surface area contributed by atoms with E-state index in [1.807, 2.05) is 11.7 Å². The van der Waals surface area contributed by atoms with Gasteiger partial charge in [0, 0.05) is 19.5 Å². The van der Waals surface area contributed by atoms with Gasteiger partial charge >= 0.3 is 0 Å². The lowest BCUT2D eigenvalue weighted by Gasteiger charge is -2.22. The molecule has 1 unspecified atom stereocenters. The third kappa shape index (κ3) is 4.89. The lowest BCUT2D eigenvalue weighted by Crippen LogP contribution is -2.38. The van der Waals surface area contributed by atoms with Crippen LogP contribution in [-0.2, 0) is 19.9 Å². The summed E-state index contributed by atoms with van der Waals surface area (Å²) in [5.41, 5.74) is 5.61. The first kappa shape index (κ1) is 16.7. The maximum atomic E-state index is 5.69. The summed E-state index contributed by atoms with van der Waals surface area (Å²) in [6.07, 6.45) is 4.06. The van der Waals surface area contributed by atoms with Gasteiger partial charge < -0.3 is 0 Å². The maximum Gasteiger partial charge on any atom is 0.0766 e. The van der Waals surface area contributed by atoms with E-state index in [9.17, 15) is 0 Å². The molecule has 19 heavy (non-hydrogen) atoms. The first-order chi connectivity index (χ1) is 8.78. The minimum Gasteiger partial charge on any atom is -0.271 e. The number of rotatable bonds is 6. The van der Waals surface area contributed by atoms with Crippen molar-refractivity contribution in [3.05, 3.63) is 15.9 Å². The molecule has 0 spiro atoms. The third-order valence-corrected chi connectivity index (χ3v) is 4.34. The maximum absolute atomic E-state index is 5.69. The molecule has 0 aliphatic heterocycles. The predicted molar refractivity (Wildman–Crippen MR) is 83.8 cm³/mol. The fourth-order valence-electron chi connectivity index (χ4n) is 2.13. The van der Waals surface area contributed by atoms with E-state index in [2.05, 4.69) is 54.1 Å². The molecule has 110 valence electrons. The van der Waals surface area contributed by atoms with Crippen molar-refractivity contribution in [3.63, 3.8) is 0 Å². The number of aromatic nitrogens is 2. The Hall–Kier alpha value is -0.390. The Balaban J connectivity index is 2.73. The van der Waals surface area contributed by atoms with Crippen LogP contribution in [0.2, 0.25) is 0 Å². The Morgan fingerprint density at radius 3 is 2.47 bits per heavy atom. The zero-order valence-electron chi connectivity index (χ0n) is 12.8. The van der Waals surface area contributed by atoms with Crippen molar-refractivity contribution >= 4 is 15.9 Å². The van der Waals surface area contributed by atoms with Gasteiger partial charge in [-0.15, -0.1) is 0 Å². The van der Waals surface area contributed by atoms with Crippen LogP contribution in [0.25, 0.3) is 0 Å². The smallest absolute Gasteiger partial charge is 0.0766 e. The number of hydrogen-bond donors (Lipinski definition) is 2. The molecular weight excluding hydrogens is 304 g/mol. The minimum atomic E-state index is 0.288. The van der Waals surface area contributed by atoms with Crippen molar-refractivity contribution in [2.24, 2.45) is 18.3 Å². The van der Waals surface area contributed by atoms with Gasteiger partial charge in [-0.25, -0.2) is 0 Å². The average Bonchev–Trinajstić information content (AvgIpc) is 2.59. The van der Waals surface area contributed by atoms with Gasteiger partial charge in [-0.05, 0) is 40.6 Å². The Morgan fingerprint density at radius 1 is 1.42 bits per heavy atom. The fraction of sp³-hybridized carbons (Fsp3) is 0.786. The molecule has 0 saturated heterocycles. The highest BCUT2D eigenvalue weighted by Crippen LogP contribution is 2.26. The molecule has 0 saturated carbocycles. The number of hydrogen-bond acceptors (Lipinski definition) is 3. The summed E-state index contributed by atoms with van der Waals surface area (Å²) in [5.74, 6) is 5.69. The highest BCUT2D eigenvalue weighted by Gasteiger charge is 2.19. The Kier molecular flexibility index (Phi) is 6.02. The van der Waals surface area contributed by atoms with E-state index in [-0.39, 0.29) is 6.04 Å². The molecule has 0 aromatic carbocycles. The minimum absolute atomic E-state index is 0.288. The molecule has 0 aliphatic carbocycles. The van der Waals surface area contributed by atoms with E-state index in [1.54, 1.807) is 0 Å². The zero-order valence-corrected chi connectivity index (χ0v) is 14.3. The van der Waals surface area contributed by atoms with Crippen LogP contribution in [-0.4, -0.2) is 15.8 Å². The molecule has 0 fully saturated rings. The van der Waals surface area contributed by atoms with Crippen molar-refractivity contribution in [3.8, 4) is 0 Å². The number of nitrogens with two attached hydrogens (primary N) is 1. The number of nitrogens with one attached hydrogen (secondary N) is 1. The lowest BCUT2D eigenvalue weighted by atomic mass is 9.88. The van der Waals surface area contributed by atoms with E-state index in [4.69, 9.17) is 5.84 Å². The summed E-state index contributed by atoms with van der Waals surface area (Å²) in [4.78, 5) is 0. The van der Waals surface area contributed by atoms with Crippen LogP contribution < -0.4 is 11.3 Å². The molecule has 4 nitrogen and oxygen atoms in total. The van der Waals surface area contributed by atoms with Gasteiger partial charge in [0.15, 0.2) is 0 Å². The fourth-order valence-corrected chi connectivity index (χ4v) is 2.90. The molecule has 1 rings (SSSR count). The zero-order chi connectivity index (χ0) is 14.6. The Labute approximate surface area is 125 Å². The SMILES string of the molecule is CCc1nn(C)c(CC(CCC(C)(C)C)NN)c1Br. The molecular formula is C14H27BrN4.